The molecule has 2 rings (SSSR count). The summed E-state index contributed by atoms with van der Waals surface area (Å²) >= 11 is 0. The van der Waals surface area contributed by atoms with E-state index in [0.717, 1.165) is 26.2 Å². The van der Waals surface area contributed by atoms with E-state index in [1.807, 2.05) is 18.0 Å². The maximum Gasteiger partial charge on any atom is 0.222 e. The number of hydrogen-bond donors (Lipinski definition) is 0. The fourth-order valence-electron chi connectivity index (χ4n) is 2.70. The fourth-order valence-corrected chi connectivity index (χ4v) is 2.70. The van der Waals surface area contributed by atoms with Crippen molar-refractivity contribution in [3.8, 4) is 0 Å². The Hall–Kier alpha value is -1.39. The molecule has 1 heterocycles. The molecule has 1 aliphatic rings. The number of amides is 1. The molecule has 1 saturated heterocycles. The van der Waals surface area contributed by atoms with Gasteiger partial charge in [-0.05, 0) is 37.6 Å². The Labute approximate surface area is 127 Å². The highest BCUT2D eigenvalue weighted by Crippen LogP contribution is 2.19. The largest absolute Gasteiger partial charge is 0.381 e. The summed E-state index contributed by atoms with van der Waals surface area (Å²) in [6.07, 6.45) is 1.61. The van der Waals surface area contributed by atoms with Crippen molar-refractivity contribution in [2.24, 2.45) is 5.92 Å². The SMILES string of the molecule is CN(C)Cc1ccccc1CN(C)C(=O)C[C@H]1CCOC1. The van der Waals surface area contributed by atoms with Crippen LogP contribution in [0.15, 0.2) is 24.3 Å². The lowest BCUT2D eigenvalue weighted by Gasteiger charge is -2.21. The maximum absolute atomic E-state index is 12.3. The topological polar surface area (TPSA) is 32.8 Å². The molecule has 116 valence electrons. The van der Waals surface area contributed by atoms with Crippen LogP contribution in [0.4, 0.5) is 0 Å². The second-order valence-electron chi connectivity index (χ2n) is 6.19. The van der Waals surface area contributed by atoms with Gasteiger partial charge in [0.2, 0.25) is 5.91 Å². The molecule has 0 aliphatic carbocycles. The van der Waals surface area contributed by atoms with E-state index in [4.69, 9.17) is 4.74 Å². The second-order valence-corrected chi connectivity index (χ2v) is 6.19. The summed E-state index contributed by atoms with van der Waals surface area (Å²) in [5, 5.41) is 0. The van der Waals surface area contributed by atoms with Gasteiger partial charge in [0.05, 0.1) is 0 Å². The number of benzene rings is 1. The average Bonchev–Trinajstić information content (AvgIpc) is 2.93. The van der Waals surface area contributed by atoms with E-state index in [0.29, 0.717) is 18.9 Å². The lowest BCUT2D eigenvalue weighted by atomic mass is 10.0. The summed E-state index contributed by atoms with van der Waals surface area (Å²) in [5.74, 6) is 0.613. The third-order valence-electron chi connectivity index (χ3n) is 3.93. The summed E-state index contributed by atoms with van der Waals surface area (Å²) in [7, 11) is 6.02. The third kappa shape index (κ3) is 4.83. The Bertz CT molecular complexity index is 468. The van der Waals surface area contributed by atoms with Crippen molar-refractivity contribution >= 4 is 5.91 Å². The Morgan fingerprint density at radius 1 is 1.19 bits per heavy atom. The number of ether oxygens (including phenoxy) is 1. The lowest BCUT2D eigenvalue weighted by Crippen LogP contribution is -2.28. The zero-order valence-electron chi connectivity index (χ0n) is 13.3. The molecule has 0 aromatic heterocycles. The number of carbonyl (C=O) groups is 1. The molecular formula is C17H26N2O2. The summed E-state index contributed by atoms with van der Waals surface area (Å²) in [5.41, 5.74) is 2.51. The van der Waals surface area contributed by atoms with Crippen molar-refractivity contribution in [3.05, 3.63) is 35.4 Å². The zero-order valence-corrected chi connectivity index (χ0v) is 13.3. The van der Waals surface area contributed by atoms with E-state index in [2.05, 4.69) is 37.2 Å². The molecule has 0 bridgehead atoms. The Balaban J connectivity index is 1.95. The van der Waals surface area contributed by atoms with Gasteiger partial charge in [0, 0.05) is 39.8 Å². The standard InChI is InChI=1S/C17H26N2O2/c1-18(2)11-15-6-4-5-7-16(15)12-19(3)17(20)10-14-8-9-21-13-14/h4-7,14H,8-13H2,1-3H3/t14-/m1/s1. The van der Waals surface area contributed by atoms with Crippen LogP contribution in [0.2, 0.25) is 0 Å². The minimum absolute atomic E-state index is 0.213. The molecule has 0 radical (unpaired) electrons. The van der Waals surface area contributed by atoms with Crippen LogP contribution < -0.4 is 0 Å². The number of hydrogen-bond acceptors (Lipinski definition) is 3. The molecule has 0 saturated carbocycles. The van der Waals surface area contributed by atoms with Crippen LogP contribution in [0.5, 0.6) is 0 Å². The van der Waals surface area contributed by atoms with E-state index in [1.54, 1.807) is 0 Å². The number of rotatable bonds is 6. The summed E-state index contributed by atoms with van der Waals surface area (Å²) in [4.78, 5) is 16.3. The van der Waals surface area contributed by atoms with E-state index in [1.165, 1.54) is 11.1 Å². The minimum Gasteiger partial charge on any atom is -0.381 e. The van der Waals surface area contributed by atoms with Gasteiger partial charge in [-0.25, -0.2) is 0 Å². The fraction of sp³-hybridized carbons (Fsp3) is 0.588. The van der Waals surface area contributed by atoms with Crippen LogP contribution in [0.1, 0.15) is 24.0 Å². The van der Waals surface area contributed by atoms with Crippen molar-refractivity contribution in [2.45, 2.75) is 25.9 Å². The van der Waals surface area contributed by atoms with Gasteiger partial charge >= 0.3 is 0 Å². The van der Waals surface area contributed by atoms with Gasteiger partial charge in [-0.1, -0.05) is 24.3 Å². The third-order valence-corrected chi connectivity index (χ3v) is 3.93. The molecule has 1 aliphatic heterocycles. The van der Waals surface area contributed by atoms with Gasteiger partial charge in [-0.2, -0.15) is 0 Å². The number of carbonyl (C=O) groups excluding carboxylic acids is 1. The van der Waals surface area contributed by atoms with Crippen LogP contribution in [-0.4, -0.2) is 50.1 Å². The Kier molecular flexibility index (Phi) is 5.76. The highest BCUT2D eigenvalue weighted by atomic mass is 16.5. The zero-order chi connectivity index (χ0) is 15.2. The quantitative estimate of drug-likeness (QED) is 0.804. The molecule has 4 heteroatoms. The first-order valence-electron chi connectivity index (χ1n) is 7.59. The summed E-state index contributed by atoms with van der Waals surface area (Å²) in [6.45, 7) is 3.11. The normalized spacial score (nSPS) is 18.2. The predicted molar refractivity (Wildman–Crippen MR) is 83.9 cm³/mol. The van der Waals surface area contributed by atoms with Crippen LogP contribution in [-0.2, 0) is 22.6 Å². The van der Waals surface area contributed by atoms with Crippen LogP contribution in [0.25, 0.3) is 0 Å². The molecule has 1 atom stereocenters. The van der Waals surface area contributed by atoms with Gasteiger partial charge in [0.1, 0.15) is 0 Å². The van der Waals surface area contributed by atoms with Crippen LogP contribution in [0.3, 0.4) is 0 Å². The average molecular weight is 290 g/mol. The minimum atomic E-state index is 0.213. The van der Waals surface area contributed by atoms with Crippen molar-refractivity contribution < 1.29 is 9.53 Å². The smallest absolute Gasteiger partial charge is 0.222 e. The molecule has 1 amide bonds. The first-order chi connectivity index (χ1) is 10.1. The molecule has 21 heavy (non-hydrogen) atoms. The summed E-state index contributed by atoms with van der Waals surface area (Å²) in [6, 6.07) is 8.34. The van der Waals surface area contributed by atoms with Gasteiger partial charge in [0.25, 0.3) is 0 Å². The van der Waals surface area contributed by atoms with E-state index >= 15 is 0 Å². The van der Waals surface area contributed by atoms with Gasteiger partial charge in [0.15, 0.2) is 0 Å². The first kappa shape index (κ1) is 16.0. The first-order valence-corrected chi connectivity index (χ1v) is 7.59. The highest BCUT2D eigenvalue weighted by Gasteiger charge is 2.21. The van der Waals surface area contributed by atoms with Crippen molar-refractivity contribution in [2.75, 3.05) is 34.4 Å². The van der Waals surface area contributed by atoms with Gasteiger partial charge < -0.3 is 14.5 Å². The monoisotopic (exact) mass is 290 g/mol. The molecule has 0 spiro atoms. The molecule has 4 nitrogen and oxygen atoms in total. The molecular weight excluding hydrogens is 264 g/mol. The highest BCUT2D eigenvalue weighted by molar-refractivity contribution is 5.76. The molecule has 0 unspecified atom stereocenters. The molecule has 1 aromatic rings. The Morgan fingerprint density at radius 3 is 2.43 bits per heavy atom. The van der Waals surface area contributed by atoms with Crippen molar-refractivity contribution in [3.63, 3.8) is 0 Å². The van der Waals surface area contributed by atoms with E-state index in [9.17, 15) is 4.79 Å². The Morgan fingerprint density at radius 2 is 1.86 bits per heavy atom. The van der Waals surface area contributed by atoms with Crippen molar-refractivity contribution in [1.82, 2.24) is 9.80 Å². The lowest BCUT2D eigenvalue weighted by molar-refractivity contribution is -0.131. The predicted octanol–water partition coefficient (Wildman–Crippen LogP) is 2.13. The van der Waals surface area contributed by atoms with Gasteiger partial charge in [-0.15, -0.1) is 0 Å². The van der Waals surface area contributed by atoms with E-state index in [-0.39, 0.29) is 5.91 Å². The number of nitrogens with zero attached hydrogens (tertiary/aromatic N) is 2. The molecule has 1 aromatic carbocycles. The van der Waals surface area contributed by atoms with Crippen LogP contribution >= 0.6 is 0 Å². The second kappa shape index (κ2) is 7.57. The maximum atomic E-state index is 12.3. The van der Waals surface area contributed by atoms with Crippen LogP contribution in [0, 0.1) is 5.92 Å². The molecule has 0 N–H and O–H groups in total. The summed E-state index contributed by atoms with van der Waals surface area (Å²) < 4.78 is 5.34. The molecule has 1 fully saturated rings. The van der Waals surface area contributed by atoms with E-state index < -0.39 is 0 Å². The van der Waals surface area contributed by atoms with Gasteiger partial charge in [-0.3, -0.25) is 4.79 Å². The van der Waals surface area contributed by atoms with Crippen molar-refractivity contribution in [1.29, 1.82) is 0 Å².